The summed E-state index contributed by atoms with van der Waals surface area (Å²) in [5, 5.41) is 19.1. The van der Waals surface area contributed by atoms with Crippen molar-refractivity contribution in [3.05, 3.63) is 81.8 Å². The molecule has 2 unspecified atom stereocenters. The normalized spacial score (nSPS) is 22.4. The first-order valence-electron chi connectivity index (χ1n) is 11.7. The minimum atomic E-state index is -1.69. The summed E-state index contributed by atoms with van der Waals surface area (Å²) in [6.45, 7) is 5.74. The minimum Gasteiger partial charge on any atom is -0.480 e. The van der Waals surface area contributed by atoms with Crippen molar-refractivity contribution in [2.45, 2.75) is 38.6 Å². The summed E-state index contributed by atoms with van der Waals surface area (Å²) in [4.78, 5) is 31.5. The number of methoxy groups -OCH3 is 1. The first kappa shape index (κ1) is 25.1. The van der Waals surface area contributed by atoms with Crippen LogP contribution in [0.2, 0.25) is 0 Å². The number of fused-ring (bicyclic) bond motifs is 3. The van der Waals surface area contributed by atoms with Crippen molar-refractivity contribution in [2.24, 2.45) is 10.4 Å². The summed E-state index contributed by atoms with van der Waals surface area (Å²) in [6, 6.07) is 8.84. The number of carboxylic acids is 1. The first-order valence-corrected chi connectivity index (χ1v) is 13.0. The van der Waals surface area contributed by atoms with Gasteiger partial charge in [-0.2, -0.15) is 0 Å². The molecule has 0 bridgehead atoms. The molecule has 1 aromatic carbocycles. The van der Waals surface area contributed by atoms with E-state index in [1.165, 1.54) is 18.4 Å². The maximum absolute atomic E-state index is 13.2. The SMILES string of the molecule is COC(=O)C[C@@H]1N=C(C2(C(=O)O)C=CC(c3ccccc3)=CC2Cl)c2c(sc(C)c2C)-n2c(C)nnc21. The number of hydrogen-bond acceptors (Lipinski definition) is 7. The highest BCUT2D eigenvalue weighted by molar-refractivity contribution is 7.15. The Hall–Kier alpha value is -3.56. The number of hydrogen-bond donors (Lipinski definition) is 1. The van der Waals surface area contributed by atoms with Crippen molar-refractivity contribution >= 4 is 46.2 Å². The number of esters is 1. The van der Waals surface area contributed by atoms with Crippen LogP contribution in [-0.4, -0.2) is 50.0 Å². The number of carboxylic acid groups (broad SMARTS) is 1. The molecule has 1 aliphatic carbocycles. The van der Waals surface area contributed by atoms with Gasteiger partial charge in [-0.15, -0.1) is 33.1 Å². The van der Waals surface area contributed by atoms with E-state index in [-0.39, 0.29) is 12.1 Å². The zero-order chi connectivity index (χ0) is 26.5. The number of carbonyl (C=O) groups is 2. The van der Waals surface area contributed by atoms with Gasteiger partial charge in [-0.1, -0.05) is 48.6 Å². The average Bonchev–Trinajstić information content (AvgIpc) is 3.36. The van der Waals surface area contributed by atoms with E-state index in [1.54, 1.807) is 18.2 Å². The molecule has 0 fully saturated rings. The van der Waals surface area contributed by atoms with E-state index in [0.29, 0.717) is 17.2 Å². The number of aryl methyl sites for hydroxylation is 2. The lowest BCUT2D eigenvalue weighted by molar-refractivity contribution is -0.142. The smallest absolute Gasteiger partial charge is 0.321 e. The Bertz CT molecular complexity index is 1500. The van der Waals surface area contributed by atoms with Crippen LogP contribution in [0.4, 0.5) is 0 Å². The van der Waals surface area contributed by atoms with E-state index in [0.717, 1.165) is 26.6 Å². The minimum absolute atomic E-state index is 0.122. The number of nitrogens with zero attached hydrogens (tertiary/aromatic N) is 4. The van der Waals surface area contributed by atoms with E-state index < -0.39 is 28.8 Å². The fourth-order valence-electron chi connectivity index (χ4n) is 4.84. The van der Waals surface area contributed by atoms with Crippen LogP contribution in [0.25, 0.3) is 10.6 Å². The summed E-state index contributed by atoms with van der Waals surface area (Å²) < 4.78 is 6.79. The second kappa shape index (κ2) is 9.39. The summed E-state index contributed by atoms with van der Waals surface area (Å²) >= 11 is 8.48. The van der Waals surface area contributed by atoms with Crippen molar-refractivity contribution in [2.75, 3.05) is 7.11 Å². The highest BCUT2D eigenvalue weighted by Gasteiger charge is 2.52. The Morgan fingerprint density at radius 2 is 1.92 bits per heavy atom. The van der Waals surface area contributed by atoms with Gasteiger partial charge in [0, 0.05) is 10.4 Å². The second-order valence-electron chi connectivity index (χ2n) is 9.08. The number of aliphatic carboxylic acids is 1. The molecule has 0 radical (unpaired) electrons. The van der Waals surface area contributed by atoms with Gasteiger partial charge in [0.2, 0.25) is 0 Å². The molecule has 0 saturated heterocycles. The number of allylic oxidation sites excluding steroid dienone is 3. The van der Waals surface area contributed by atoms with Crippen molar-refractivity contribution in [3.8, 4) is 5.00 Å². The summed E-state index contributed by atoms with van der Waals surface area (Å²) in [7, 11) is 1.30. The third kappa shape index (κ3) is 3.93. The van der Waals surface area contributed by atoms with E-state index >= 15 is 0 Å². The number of alkyl halides is 1. The van der Waals surface area contributed by atoms with Gasteiger partial charge in [0.05, 0.1) is 24.6 Å². The number of aliphatic imine (C=N–C) groups is 1. The average molecular weight is 537 g/mol. The summed E-state index contributed by atoms with van der Waals surface area (Å²) in [5.41, 5.74) is 1.92. The lowest BCUT2D eigenvalue weighted by Gasteiger charge is -2.34. The molecule has 0 saturated carbocycles. The maximum Gasteiger partial charge on any atom is 0.321 e. The van der Waals surface area contributed by atoms with Crippen LogP contribution >= 0.6 is 22.9 Å². The van der Waals surface area contributed by atoms with Crippen molar-refractivity contribution in [1.29, 1.82) is 0 Å². The quantitative estimate of drug-likeness (QED) is 0.363. The first-order chi connectivity index (χ1) is 17.7. The van der Waals surface area contributed by atoms with Gasteiger partial charge in [0.15, 0.2) is 5.82 Å². The standard InChI is InChI=1S/C27H25ClN4O4S/c1-14-15(2)37-25-22(14)23(29-19(13-21(33)36-4)24-31-30-16(3)32(24)25)27(26(34)35)11-10-18(12-20(27)28)17-8-6-5-7-9-17/h5-12,19-20H,13H2,1-4H3,(H,34,35)/t19-,20?,27?/m0/s1. The van der Waals surface area contributed by atoms with Crippen molar-refractivity contribution in [3.63, 3.8) is 0 Å². The van der Waals surface area contributed by atoms with Gasteiger partial charge in [0.1, 0.15) is 22.3 Å². The number of ether oxygens (including phenoxy) is 1. The van der Waals surface area contributed by atoms with Gasteiger partial charge in [0.25, 0.3) is 0 Å². The topological polar surface area (TPSA) is 107 Å². The fourth-order valence-corrected chi connectivity index (χ4v) is 6.46. The summed E-state index contributed by atoms with van der Waals surface area (Å²) in [5.74, 6) is -0.560. The fraction of sp³-hybridized carbons (Fsp3) is 0.296. The van der Waals surface area contributed by atoms with Crippen LogP contribution in [0.5, 0.6) is 0 Å². The van der Waals surface area contributed by atoms with Crippen LogP contribution in [0, 0.1) is 26.2 Å². The number of halogens is 1. The Morgan fingerprint density at radius 1 is 1.19 bits per heavy atom. The monoisotopic (exact) mass is 536 g/mol. The molecule has 3 aromatic rings. The van der Waals surface area contributed by atoms with E-state index in [2.05, 4.69) is 10.2 Å². The van der Waals surface area contributed by atoms with E-state index in [9.17, 15) is 14.7 Å². The Labute approximate surface area is 223 Å². The molecular formula is C27H25ClN4O4S. The number of thiophene rings is 1. The van der Waals surface area contributed by atoms with Crippen LogP contribution < -0.4 is 0 Å². The van der Waals surface area contributed by atoms with Gasteiger partial charge < -0.3 is 9.84 Å². The third-order valence-corrected chi connectivity index (χ3v) is 8.63. The lowest BCUT2D eigenvalue weighted by Crippen LogP contribution is -2.46. The molecule has 37 heavy (non-hydrogen) atoms. The second-order valence-corrected chi connectivity index (χ2v) is 10.7. The zero-order valence-electron chi connectivity index (χ0n) is 20.7. The molecule has 2 aromatic heterocycles. The molecule has 3 atom stereocenters. The van der Waals surface area contributed by atoms with Gasteiger partial charge in [-0.25, -0.2) is 0 Å². The molecule has 2 aliphatic rings. The highest BCUT2D eigenvalue weighted by atomic mass is 35.5. The number of aromatic nitrogens is 3. The third-order valence-electron chi connectivity index (χ3n) is 6.97. The summed E-state index contributed by atoms with van der Waals surface area (Å²) in [6.07, 6.45) is 5.04. The molecule has 0 spiro atoms. The predicted octanol–water partition coefficient (Wildman–Crippen LogP) is 4.99. The molecule has 190 valence electrons. The predicted molar refractivity (Wildman–Crippen MR) is 143 cm³/mol. The zero-order valence-corrected chi connectivity index (χ0v) is 22.3. The number of benzene rings is 1. The van der Waals surface area contributed by atoms with E-state index in [4.69, 9.17) is 21.3 Å². The molecule has 5 rings (SSSR count). The molecule has 1 aliphatic heterocycles. The largest absolute Gasteiger partial charge is 0.480 e. The molecule has 0 amide bonds. The highest BCUT2D eigenvalue weighted by Crippen LogP contribution is 2.47. The number of carbonyl (C=O) groups excluding carboxylic acids is 1. The van der Waals surface area contributed by atoms with Crippen LogP contribution in [0.3, 0.4) is 0 Å². The molecule has 1 N–H and O–H groups in total. The van der Waals surface area contributed by atoms with Gasteiger partial charge in [-0.3, -0.25) is 19.1 Å². The lowest BCUT2D eigenvalue weighted by atomic mass is 9.72. The number of rotatable bonds is 5. The van der Waals surface area contributed by atoms with Gasteiger partial charge in [-0.05, 0) is 37.5 Å². The van der Waals surface area contributed by atoms with Crippen LogP contribution in [-0.2, 0) is 14.3 Å². The Balaban J connectivity index is 1.77. The Morgan fingerprint density at radius 3 is 2.57 bits per heavy atom. The Kier molecular flexibility index (Phi) is 6.37. The molecule has 10 heteroatoms. The molecule has 3 heterocycles. The van der Waals surface area contributed by atoms with Crippen molar-refractivity contribution in [1.82, 2.24) is 14.8 Å². The van der Waals surface area contributed by atoms with Gasteiger partial charge >= 0.3 is 11.9 Å². The van der Waals surface area contributed by atoms with E-state index in [1.807, 2.05) is 55.7 Å². The van der Waals surface area contributed by atoms with Crippen LogP contribution in [0.15, 0.2) is 53.6 Å². The molecular weight excluding hydrogens is 512 g/mol. The molecule has 8 nitrogen and oxygen atoms in total. The maximum atomic E-state index is 13.2. The van der Waals surface area contributed by atoms with Crippen LogP contribution in [0.1, 0.15) is 45.7 Å². The van der Waals surface area contributed by atoms with Crippen molar-refractivity contribution < 1.29 is 19.4 Å².